The van der Waals surface area contributed by atoms with Gasteiger partial charge in [0.2, 0.25) is 0 Å². The zero-order chi connectivity index (χ0) is 13.9. The van der Waals surface area contributed by atoms with Crippen LogP contribution in [0.2, 0.25) is 0 Å². The summed E-state index contributed by atoms with van der Waals surface area (Å²) in [7, 11) is 0. The van der Waals surface area contributed by atoms with Gasteiger partial charge in [0, 0.05) is 21.9 Å². The Bertz CT molecular complexity index is 562. The summed E-state index contributed by atoms with van der Waals surface area (Å²) < 4.78 is 12.0. The van der Waals surface area contributed by atoms with E-state index in [9.17, 15) is 0 Å². The Hall–Kier alpha value is -1.70. The maximum atomic E-state index is 6.00. The van der Waals surface area contributed by atoms with Gasteiger partial charge in [-0.2, -0.15) is 0 Å². The third-order valence-corrected chi connectivity index (χ3v) is 4.01. The summed E-state index contributed by atoms with van der Waals surface area (Å²) in [4.78, 5) is 0. The first-order valence-electron chi connectivity index (χ1n) is 7.68. The topological polar surface area (TPSA) is 18.5 Å². The van der Waals surface area contributed by atoms with Gasteiger partial charge in [-0.15, -0.1) is 0 Å². The summed E-state index contributed by atoms with van der Waals surface area (Å²) in [6.07, 6.45) is 4.71. The molecule has 2 aromatic rings. The predicted octanol–water partition coefficient (Wildman–Crippen LogP) is 4.52. The fraction of sp³-hybridized carbons (Fsp3) is 0.444. The molecular formula is C18H22O2. The van der Waals surface area contributed by atoms with Gasteiger partial charge in [-0.1, -0.05) is 24.3 Å². The second-order valence-corrected chi connectivity index (χ2v) is 5.23. The van der Waals surface area contributed by atoms with Crippen LogP contribution < -0.4 is 9.47 Å². The third-order valence-electron chi connectivity index (χ3n) is 4.01. The second-order valence-electron chi connectivity index (χ2n) is 5.23. The predicted molar refractivity (Wildman–Crippen MR) is 82.9 cm³/mol. The summed E-state index contributed by atoms with van der Waals surface area (Å²) in [6.45, 7) is 5.54. The van der Waals surface area contributed by atoms with Crippen LogP contribution in [0.3, 0.4) is 0 Å². The van der Waals surface area contributed by atoms with E-state index < -0.39 is 0 Å². The van der Waals surface area contributed by atoms with Crippen molar-refractivity contribution in [2.24, 2.45) is 0 Å². The molecule has 0 spiro atoms. The number of ether oxygens (including phenoxy) is 2. The van der Waals surface area contributed by atoms with Crippen LogP contribution in [0.4, 0.5) is 0 Å². The van der Waals surface area contributed by atoms with E-state index in [-0.39, 0.29) is 0 Å². The molecule has 2 aromatic carbocycles. The minimum Gasteiger partial charge on any atom is -0.493 e. The van der Waals surface area contributed by atoms with E-state index >= 15 is 0 Å². The highest BCUT2D eigenvalue weighted by Crippen LogP contribution is 2.44. The Labute approximate surface area is 120 Å². The standard InChI is InChI=1S/C18H22O2/c1-3-19-17-13-9-5-7-11-15(13)18(20-4-2)16-12-8-6-10-14(16)17/h5,7,9,11H,3-4,6,8,10,12H2,1-2H3. The molecule has 0 saturated heterocycles. The van der Waals surface area contributed by atoms with Crippen LogP contribution in [0.1, 0.15) is 37.8 Å². The fourth-order valence-corrected chi connectivity index (χ4v) is 3.23. The quantitative estimate of drug-likeness (QED) is 0.813. The Morgan fingerprint density at radius 3 is 1.65 bits per heavy atom. The highest BCUT2D eigenvalue weighted by atomic mass is 16.5. The molecule has 106 valence electrons. The first kappa shape index (κ1) is 13.3. The zero-order valence-corrected chi connectivity index (χ0v) is 12.4. The van der Waals surface area contributed by atoms with Crippen LogP contribution in [-0.2, 0) is 12.8 Å². The van der Waals surface area contributed by atoms with Gasteiger partial charge >= 0.3 is 0 Å². The van der Waals surface area contributed by atoms with Crippen molar-refractivity contribution in [3.8, 4) is 11.5 Å². The smallest absolute Gasteiger partial charge is 0.130 e. The van der Waals surface area contributed by atoms with Gasteiger partial charge in [0.25, 0.3) is 0 Å². The van der Waals surface area contributed by atoms with Gasteiger partial charge in [0.05, 0.1) is 13.2 Å². The average molecular weight is 270 g/mol. The maximum Gasteiger partial charge on any atom is 0.130 e. The zero-order valence-electron chi connectivity index (χ0n) is 12.4. The molecule has 3 rings (SSSR count). The molecule has 0 unspecified atom stereocenters. The summed E-state index contributed by atoms with van der Waals surface area (Å²) in [5, 5.41) is 2.39. The molecule has 1 aliphatic rings. The third kappa shape index (κ3) is 2.13. The van der Waals surface area contributed by atoms with Crippen LogP contribution in [0.5, 0.6) is 11.5 Å². The average Bonchev–Trinajstić information content (AvgIpc) is 2.50. The summed E-state index contributed by atoms with van der Waals surface area (Å²) in [6, 6.07) is 8.46. The van der Waals surface area contributed by atoms with E-state index in [1.54, 1.807) is 0 Å². The molecule has 0 aromatic heterocycles. The molecule has 2 nitrogen and oxygen atoms in total. The normalized spacial score (nSPS) is 14.1. The van der Waals surface area contributed by atoms with Crippen LogP contribution in [0, 0.1) is 0 Å². The molecule has 0 heterocycles. The molecular weight excluding hydrogens is 248 g/mol. The fourth-order valence-electron chi connectivity index (χ4n) is 3.23. The summed E-state index contributed by atoms with van der Waals surface area (Å²) in [5.41, 5.74) is 2.75. The number of hydrogen-bond donors (Lipinski definition) is 0. The molecule has 0 aliphatic heterocycles. The lowest BCUT2D eigenvalue weighted by Gasteiger charge is -2.25. The van der Waals surface area contributed by atoms with Gasteiger partial charge in [-0.05, 0) is 39.5 Å². The Kier molecular flexibility index (Phi) is 3.81. The highest BCUT2D eigenvalue weighted by Gasteiger charge is 2.23. The van der Waals surface area contributed by atoms with Crippen molar-refractivity contribution in [3.63, 3.8) is 0 Å². The minimum absolute atomic E-state index is 0.713. The Morgan fingerprint density at radius 2 is 1.25 bits per heavy atom. The van der Waals surface area contributed by atoms with Crippen molar-refractivity contribution in [3.05, 3.63) is 35.4 Å². The molecule has 0 atom stereocenters. The van der Waals surface area contributed by atoms with E-state index in [1.165, 1.54) is 34.7 Å². The highest BCUT2D eigenvalue weighted by molar-refractivity contribution is 5.96. The molecule has 0 N–H and O–H groups in total. The van der Waals surface area contributed by atoms with Crippen LogP contribution in [0.15, 0.2) is 24.3 Å². The Balaban J connectivity index is 2.33. The lowest BCUT2D eigenvalue weighted by atomic mass is 9.87. The van der Waals surface area contributed by atoms with Gasteiger partial charge < -0.3 is 9.47 Å². The van der Waals surface area contributed by atoms with Crippen molar-refractivity contribution < 1.29 is 9.47 Å². The number of fused-ring (bicyclic) bond motifs is 2. The van der Waals surface area contributed by atoms with Crippen LogP contribution in [-0.4, -0.2) is 13.2 Å². The van der Waals surface area contributed by atoms with Crippen molar-refractivity contribution >= 4 is 10.8 Å². The number of hydrogen-bond acceptors (Lipinski definition) is 2. The second kappa shape index (κ2) is 5.74. The largest absolute Gasteiger partial charge is 0.493 e. The van der Waals surface area contributed by atoms with Crippen molar-refractivity contribution in [1.82, 2.24) is 0 Å². The summed E-state index contributed by atoms with van der Waals surface area (Å²) >= 11 is 0. The molecule has 2 heteroatoms. The van der Waals surface area contributed by atoms with E-state index in [0.717, 1.165) is 24.3 Å². The molecule has 0 saturated carbocycles. The molecule has 0 bridgehead atoms. The monoisotopic (exact) mass is 270 g/mol. The summed E-state index contributed by atoms with van der Waals surface area (Å²) in [5.74, 6) is 2.17. The van der Waals surface area contributed by atoms with Gasteiger partial charge in [0.15, 0.2) is 0 Å². The first-order chi connectivity index (χ1) is 9.86. The van der Waals surface area contributed by atoms with Gasteiger partial charge in [0.1, 0.15) is 11.5 Å². The van der Waals surface area contributed by atoms with Crippen LogP contribution in [0.25, 0.3) is 10.8 Å². The first-order valence-corrected chi connectivity index (χ1v) is 7.68. The lowest BCUT2D eigenvalue weighted by Crippen LogP contribution is -2.10. The Morgan fingerprint density at radius 1 is 0.800 bits per heavy atom. The van der Waals surface area contributed by atoms with E-state index in [4.69, 9.17) is 9.47 Å². The van der Waals surface area contributed by atoms with Crippen molar-refractivity contribution in [1.29, 1.82) is 0 Å². The van der Waals surface area contributed by atoms with Crippen molar-refractivity contribution in [2.45, 2.75) is 39.5 Å². The SMILES string of the molecule is CCOc1c2c(c(OCC)c3ccccc13)CCCC2. The number of rotatable bonds is 4. The molecule has 20 heavy (non-hydrogen) atoms. The molecule has 0 amide bonds. The lowest BCUT2D eigenvalue weighted by molar-refractivity contribution is 0.327. The van der Waals surface area contributed by atoms with Gasteiger partial charge in [-0.25, -0.2) is 0 Å². The molecule has 0 radical (unpaired) electrons. The van der Waals surface area contributed by atoms with Crippen molar-refractivity contribution in [2.75, 3.05) is 13.2 Å². The van der Waals surface area contributed by atoms with Gasteiger partial charge in [-0.3, -0.25) is 0 Å². The molecule has 0 fully saturated rings. The maximum absolute atomic E-state index is 6.00. The van der Waals surface area contributed by atoms with E-state index in [0.29, 0.717) is 13.2 Å². The van der Waals surface area contributed by atoms with Crippen LogP contribution >= 0.6 is 0 Å². The number of benzene rings is 2. The molecule has 1 aliphatic carbocycles. The minimum atomic E-state index is 0.713. The van der Waals surface area contributed by atoms with E-state index in [2.05, 4.69) is 38.1 Å². The van der Waals surface area contributed by atoms with E-state index in [1.807, 2.05) is 0 Å².